The van der Waals surface area contributed by atoms with Crippen LogP contribution in [-0.2, 0) is 0 Å². The average Bonchev–Trinajstić information content (AvgIpc) is 3.06. The summed E-state index contributed by atoms with van der Waals surface area (Å²) in [4.78, 5) is 4.37. The number of nitrogens with two attached hydrogens (primary N) is 1. The van der Waals surface area contributed by atoms with Gasteiger partial charge in [0.25, 0.3) is 5.19 Å². The number of hydrogen-bond donors (Lipinski definition) is 1. The number of rotatable bonds is 6. The van der Waals surface area contributed by atoms with Gasteiger partial charge in [0, 0.05) is 23.0 Å². The van der Waals surface area contributed by atoms with E-state index in [-0.39, 0.29) is 5.54 Å². The van der Waals surface area contributed by atoms with E-state index in [9.17, 15) is 0 Å². The third kappa shape index (κ3) is 2.71. The fraction of sp³-hybridized carbons (Fsp3) is 0.818. The lowest BCUT2D eigenvalue weighted by Gasteiger charge is -2.25. The van der Waals surface area contributed by atoms with Crippen LogP contribution in [0.1, 0.15) is 51.3 Å². The quantitative estimate of drug-likeness (QED) is 0.830. The molecule has 0 amide bonds. The van der Waals surface area contributed by atoms with Crippen LogP contribution in [0.5, 0.6) is 5.19 Å². The lowest BCUT2D eigenvalue weighted by atomic mass is 9.96. The highest BCUT2D eigenvalue weighted by Gasteiger charge is 2.28. The van der Waals surface area contributed by atoms with Crippen molar-refractivity contribution in [2.75, 3.05) is 6.61 Å². The first-order valence-corrected chi connectivity index (χ1v) is 6.69. The van der Waals surface area contributed by atoms with Gasteiger partial charge in [-0.25, -0.2) is 0 Å². The van der Waals surface area contributed by atoms with E-state index < -0.39 is 0 Å². The summed E-state index contributed by atoms with van der Waals surface area (Å²) in [7, 11) is 0. The van der Waals surface area contributed by atoms with E-state index in [0.29, 0.717) is 17.7 Å². The zero-order valence-electron chi connectivity index (χ0n) is 9.90. The zero-order chi connectivity index (χ0) is 11.6. The molecular weight excluding hydrogens is 222 g/mol. The van der Waals surface area contributed by atoms with Crippen LogP contribution in [0.4, 0.5) is 0 Å². The lowest BCUT2D eigenvalue weighted by Crippen LogP contribution is -2.44. The molecule has 1 aliphatic carbocycles. The smallest absolute Gasteiger partial charge is 0.293 e. The number of hydrogen-bond acceptors (Lipinski definition) is 5. The maximum absolute atomic E-state index is 6.15. The van der Waals surface area contributed by atoms with Gasteiger partial charge in [-0.2, -0.15) is 9.36 Å². The Morgan fingerprint density at radius 1 is 1.44 bits per heavy atom. The molecule has 0 spiro atoms. The molecule has 0 atom stereocenters. The highest BCUT2D eigenvalue weighted by atomic mass is 32.1. The van der Waals surface area contributed by atoms with E-state index in [2.05, 4.69) is 23.2 Å². The Morgan fingerprint density at radius 2 is 2.12 bits per heavy atom. The van der Waals surface area contributed by atoms with Crippen LogP contribution in [0.25, 0.3) is 0 Å². The van der Waals surface area contributed by atoms with Crippen LogP contribution in [-0.4, -0.2) is 21.5 Å². The van der Waals surface area contributed by atoms with E-state index >= 15 is 0 Å². The Morgan fingerprint density at radius 3 is 2.69 bits per heavy atom. The molecule has 5 heteroatoms. The Bertz CT molecular complexity index is 345. The molecule has 2 rings (SSSR count). The first-order chi connectivity index (χ1) is 7.67. The second-order valence-electron chi connectivity index (χ2n) is 4.55. The highest BCUT2D eigenvalue weighted by Crippen LogP contribution is 2.39. The van der Waals surface area contributed by atoms with Crippen molar-refractivity contribution in [3.63, 3.8) is 0 Å². The maximum atomic E-state index is 6.15. The van der Waals surface area contributed by atoms with Gasteiger partial charge in [-0.3, -0.25) is 0 Å². The molecule has 1 aromatic rings. The van der Waals surface area contributed by atoms with Crippen molar-refractivity contribution in [1.82, 2.24) is 9.36 Å². The maximum Gasteiger partial charge on any atom is 0.293 e. The summed E-state index contributed by atoms with van der Waals surface area (Å²) in [6.07, 6.45) is 4.28. The van der Waals surface area contributed by atoms with E-state index in [1.165, 1.54) is 24.4 Å². The molecule has 1 aliphatic rings. The predicted molar refractivity (Wildman–Crippen MR) is 64.9 cm³/mol. The largest absolute Gasteiger partial charge is 0.467 e. The van der Waals surface area contributed by atoms with Gasteiger partial charge in [-0.15, -0.1) is 0 Å². The molecule has 0 aliphatic heterocycles. The molecule has 4 nitrogen and oxygen atoms in total. The molecular formula is C11H19N3OS. The van der Waals surface area contributed by atoms with Crippen molar-refractivity contribution in [2.24, 2.45) is 5.73 Å². The molecule has 2 N–H and O–H groups in total. The third-order valence-electron chi connectivity index (χ3n) is 3.26. The van der Waals surface area contributed by atoms with Gasteiger partial charge in [-0.1, -0.05) is 13.8 Å². The van der Waals surface area contributed by atoms with Gasteiger partial charge in [0.1, 0.15) is 12.4 Å². The highest BCUT2D eigenvalue weighted by molar-refractivity contribution is 7.07. The molecule has 1 aromatic heterocycles. The molecule has 90 valence electrons. The van der Waals surface area contributed by atoms with Gasteiger partial charge in [0.15, 0.2) is 0 Å². The van der Waals surface area contributed by atoms with Crippen molar-refractivity contribution in [3.8, 4) is 5.19 Å². The minimum atomic E-state index is -0.231. The van der Waals surface area contributed by atoms with Gasteiger partial charge in [0.2, 0.25) is 0 Å². The zero-order valence-corrected chi connectivity index (χ0v) is 10.7. The fourth-order valence-corrected chi connectivity index (χ4v) is 2.05. The van der Waals surface area contributed by atoms with Gasteiger partial charge >= 0.3 is 0 Å². The first-order valence-electron chi connectivity index (χ1n) is 5.92. The van der Waals surface area contributed by atoms with Crippen LogP contribution < -0.4 is 10.5 Å². The first kappa shape index (κ1) is 11.8. The standard InChI is InChI=1S/C11H19N3OS/c1-3-11(12,4-2)7-15-10-13-9(14-16-10)8-5-6-8/h8H,3-7,12H2,1-2H3. The van der Waals surface area contributed by atoms with Crippen molar-refractivity contribution in [3.05, 3.63) is 5.82 Å². The van der Waals surface area contributed by atoms with E-state index in [1.807, 2.05) is 0 Å². The Balaban J connectivity index is 1.88. The molecule has 0 saturated heterocycles. The third-order valence-corrected chi connectivity index (χ3v) is 3.90. The SMILES string of the molecule is CCC(N)(CC)COc1nc(C2CC2)ns1. The molecule has 1 heterocycles. The van der Waals surface area contributed by atoms with Crippen LogP contribution in [0.3, 0.4) is 0 Å². The second-order valence-corrected chi connectivity index (χ2v) is 5.27. The Hall–Kier alpha value is -0.680. The van der Waals surface area contributed by atoms with Crippen molar-refractivity contribution < 1.29 is 4.74 Å². The van der Waals surface area contributed by atoms with Crippen LogP contribution in [0.2, 0.25) is 0 Å². The monoisotopic (exact) mass is 241 g/mol. The van der Waals surface area contributed by atoms with Gasteiger partial charge in [0.05, 0.1) is 0 Å². The van der Waals surface area contributed by atoms with E-state index in [0.717, 1.165) is 18.7 Å². The van der Waals surface area contributed by atoms with Crippen molar-refractivity contribution in [1.29, 1.82) is 0 Å². The van der Waals surface area contributed by atoms with Gasteiger partial charge < -0.3 is 10.5 Å². The van der Waals surface area contributed by atoms with Crippen LogP contribution in [0.15, 0.2) is 0 Å². The van der Waals surface area contributed by atoms with Crippen molar-refractivity contribution in [2.45, 2.75) is 51.0 Å². The molecule has 1 saturated carbocycles. The summed E-state index contributed by atoms with van der Waals surface area (Å²) >= 11 is 1.34. The fourth-order valence-electron chi connectivity index (χ4n) is 1.45. The van der Waals surface area contributed by atoms with Gasteiger partial charge in [-0.05, 0) is 25.7 Å². The van der Waals surface area contributed by atoms with Crippen LogP contribution >= 0.6 is 11.5 Å². The average molecular weight is 241 g/mol. The Labute approximate surface area is 100 Å². The molecule has 0 unspecified atom stereocenters. The molecule has 0 aromatic carbocycles. The minimum absolute atomic E-state index is 0.231. The van der Waals surface area contributed by atoms with Crippen LogP contribution in [0, 0.1) is 0 Å². The molecule has 0 bridgehead atoms. The summed E-state index contributed by atoms with van der Waals surface area (Å²) in [6, 6.07) is 0. The van der Waals surface area contributed by atoms with E-state index in [1.54, 1.807) is 0 Å². The normalized spacial score (nSPS) is 16.4. The number of aromatic nitrogens is 2. The second kappa shape index (κ2) is 4.67. The topological polar surface area (TPSA) is 61.0 Å². The predicted octanol–water partition coefficient (Wildman–Crippen LogP) is 2.31. The number of nitrogens with zero attached hydrogens (tertiary/aromatic N) is 2. The van der Waals surface area contributed by atoms with Crippen molar-refractivity contribution >= 4 is 11.5 Å². The summed E-state index contributed by atoms with van der Waals surface area (Å²) in [5.41, 5.74) is 5.92. The molecule has 1 fully saturated rings. The summed E-state index contributed by atoms with van der Waals surface area (Å²) in [5.74, 6) is 1.55. The summed E-state index contributed by atoms with van der Waals surface area (Å²) < 4.78 is 9.93. The van der Waals surface area contributed by atoms with E-state index in [4.69, 9.17) is 10.5 Å². The summed E-state index contributed by atoms with van der Waals surface area (Å²) in [5, 5.41) is 0.665. The Kier molecular flexibility index (Phi) is 3.44. The summed E-state index contributed by atoms with van der Waals surface area (Å²) in [6.45, 7) is 4.70. The minimum Gasteiger partial charge on any atom is -0.467 e. The number of ether oxygens (including phenoxy) is 1. The lowest BCUT2D eigenvalue weighted by molar-refractivity contribution is 0.206. The molecule has 16 heavy (non-hydrogen) atoms. The molecule has 0 radical (unpaired) electrons.